The lowest BCUT2D eigenvalue weighted by Crippen LogP contribution is -2.30. The Kier molecular flexibility index (Phi) is 3.52. The van der Waals surface area contributed by atoms with Crippen molar-refractivity contribution in [2.75, 3.05) is 6.54 Å². The van der Waals surface area contributed by atoms with Gasteiger partial charge in [0.15, 0.2) is 0 Å². The summed E-state index contributed by atoms with van der Waals surface area (Å²) in [6.45, 7) is 1.18. The Labute approximate surface area is 85.7 Å². The second-order valence-corrected chi connectivity index (χ2v) is 4.03. The van der Waals surface area contributed by atoms with Crippen molar-refractivity contribution in [2.45, 2.75) is 38.1 Å². The summed E-state index contributed by atoms with van der Waals surface area (Å²) in [6, 6.07) is 6.81. The largest absolute Gasteiger partial charge is 0.314 e. The number of nitrogens with zero attached hydrogens (tertiary/aromatic N) is 1. The summed E-state index contributed by atoms with van der Waals surface area (Å²) in [5.74, 6) is 0. The van der Waals surface area contributed by atoms with Gasteiger partial charge in [0.2, 0.25) is 0 Å². The highest BCUT2D eigenvalue weighted by molar-refractivity contribution is 5.05. The van der Waals surface area contributed by atoms with Crippen molar-refractivity contribution < 1.29 is 0 Å². The van der Waals surface area contributed by atoms with Crippen LogP contribution >= 0.6 is 0 Å². The molecule has 1 atom stereocenters. The Hall–Kier alpha value is -0.890. The van der Waals surface area contributed by atoms with Crippen LogP contribution in [0.5, 0.6) is 0 Å². The van der Waals surface area contributed by atoms with Gasteiger partial charge in [0.1, 0.15) is 0 Å². The van der Waals surface area contributed by atoms with Gasteiger partial charge in [-0.05, 0) is 31.5 Å². The fraction of sp³-hybridized carbons (Fsp3) is 0.583. The average Bonchev–Trinajstić information content (AvgIpc) is 2.48. The van der Waals surface area contributed by atoms with E-state index in [4.69, 9.17) is 0 Å². The van der Waals surface area contributed by atoms with Gasteiger partial charge in [0, 0.05) is 24.4 Å². The van der Waals surface area contributed by atoms with Crippen LogP contribution in [0.3, 0.4) is 0 Å². The number of aromatic nitrogens is 1. The van der Waals surface area contributed by atoms with Crippen LogP contribution < -0.4 is 5.32 Å². The molecule has 0 radical (unpaired) electrons. The zero-order valence-electron chi connectivity index (χ0n) is 8.58. The molecule has 0 unspecified atom stereocenters. The molecule has 2 heteroatoms. The van der Waals surface area contributed by atoms with Gasteiger partial charge in [0.05, 0.1) is 0 Å². The highest BCUT2D eigenvalue weighted by Crippen LogP contribution is 2.11. The Morgan fingerprint density at radius 3 is 3.14 bits per heavy atom. The molecule has 1 saturated heterocycles. The minimum Gasteiger partial charge on any atom is -0.314 e. The third-order valence-electron chi connectivity index (χ3n) is 2.84. The van der Waals surface area contributed by atoms with Gasteiger partial charge in [-0.15, -0.1) is 0 Å². The molecule has 2 nitrogen and oxygen atoms in total. The van der Waals surface area contributed by atoms with Gasteiger partial charge in [-0.1, -0.05) is 18.9 Å². The minimum absolute atomic E-state index is 0.646. The lowest BCUT2D eigenvalue weighted by atomic mass is 10.1. The summed E-state index contributed by atoms with van der Waals surface area (Å²) in [4.78, 5) is 4.36. The number of pyridine rings is 1. The molecule has 0 spiro atoms. The van der Waals surface area contributed by atoms with Gasteiger partial charge in [-0.2, -0.15) is 0 Å². The van der Waals surface area contributed by atoms with Gasteiger partial charge in [-0.3, -0.25) is 4.98 Å². The predicted molar refractivity (Wildman–Crippen MR) is 58.2 cm³/mol. The van der Waals surface area contributed by atoms with Gasteiger partial charge < -0.3 is 5.32 Å². The molecule has 1 aliphatic heterocycles. The second-order valence-electron chi connectivity index (χ2n) is 4.03. The Balaban J connectivity index is 1.90. The molecule has 76 valence electrons. The van der Waals surface area contributed by atoms with Crippen molar-refractivity contribution in [1.82, 2.24) is 10.3 Å². The standard InChI is InChI=1S/C12H18N2/c1-2-6-11(13-8-4-1)10-12-7-3-5-9-14-12/h3,5,7,9,11,13H,1-2,4,6,8,10H2/t11-/m1/s1. The molecule has 0 bridgehead atoms. The van der Waals surface area contributed by atoms with E-state index in [1.165, 1.54) is 37.9 Å². The maximum Gasteiger partial charge on any atom is 0.0419 e. The van der Waals surface area contributed by atoms with E-state index in [1.54, 1.807) is 0 Å². The van der Waals surface area contributed by atoms with Gasteiger partial charge >= 0.3 is 0 Å². The van der Waals surface area contributed by atoms with Crippen LogP contribution in [-0.2, 0) is 6.42 Å². The van der Waals surface area contributed by atoms with E-state index in [1.807, 2.05) is 12.3 Å². The van der Waals surface area contributed by atoms with E-state index in [9.17, 15) is 0 Å². The summed E-state index contributed by atoms with van der Waals surface area (Å²) in [5, 5.41) is 3.59. The van der Waals surface area contributed by atoms with Crippen LogP contribution in [0.4, 0.5) is 0 Å². The third-order valence-corrected chi connectivity index (χ3v) is 2.84. The molecule has 14 heavy (non-hydrogen) atoms. The predicted octanol–water partition coefficient (Wildman–Crippen LogP) is 2.16. The fourth-order valence-electron chi connectivity index (χ4n) is 2.05. The molecule has 1 fully saturated rings. The highest BCUT2D eigenvalue weighted by atomic mass is 14.9. The Morgan fingerprint density at radius 2 is 2.29 bits per heavy atom. The third kappa shape index (κ3) is 2.81. The first-order valence-electron chi connectivity index (χ1n) is 5.58. The molecular formula is C12H18N2. The van der Waals surface area contributed by atoms with E-state index >= 15 is 0 Å². The zero-order valence-corrected chi connectivity index (χ0v) is 8.58. The number of rotatable bonds is 2. The molecule has 2 heterocycles. The first-order chi connectivity index (χ1) is 6.95. The molecule has 0 saturated carbocycles. The van der Waals surface area contributed by atoms with Crippen LogP contribution in [-0.4, -0.2) is 17.6 Å². The molecule has 1 aromatic heterocycles. The first-order valence-corrected chi connectivity index (χ1v) is 5.58. The van der Waals surface area contributed by atoms with Crippen LogP contribution in [0.1, 0.15) is 31.4 Å². The monoisotopic (exact) mass is 190 g/mol. The summed E-state index contributed by atoms with van der Waals surface area (Å²) < 4.78 is 0. The molecule has 2 rings (SSSR count). The van der Waals surface area contributed by atoms with Gasteiger partial charge in [-0.25, -0.2) is 0 Å². The van der Waals surface area contributed by atoms with Crippen LogP contribution in [0.15, 0.2) is 24.4 Å². The molecule has 1 N–H and O–H groups in total. The number of nitrogens with one attached hydrogen (secondary N) is 1. The Morgan fingerprint density at radius 1 is 1.29 bits per heavy atom. The van der Waals surface area contributed by atoms with Crippen molar-refractivity contribution >= 4 is 0 Å². The second kappa shape index (κ2) is 5.11. The van der Waals surface area contributed by atoms with E-state index in [2.05, 4.69) is 22.4 Å². The molecule has 1 aliphatic rings. The SMILES string of the molecule is c1ccc(C[C@H]2CCCCCN2)nc1. The van der Waals surface area contributed by atoms with Crippen molar-refractivity contribution in [3.8, 4) is 0 Å². The van der Waals surface area contributed by atoms with Crippen molar-refractivity contribution in [3.05, 3.63) is 30.1 Å². The molecular weight excluding hydrogens is 172 g/mol. The van der Waals surface area contributed by atoms with Crippen LogP contribution in [0, 0.1) is 0 Å². The summed E-state index contributed by atoms with van der Waals surface area (Å²) in [7, 11) is 0. The topological polar surface area (TPSA) is 24.9 Å². The fourth-order valence-corrected chi connectivity index (χ4v) is 2.05. The molecule has 0 aliphatic carbocycles. The van der Waals surface area contributed by atoms with E-state index in [0.29, 0.717) is 6.04 Å². The van der Waals surface area contributed by atoms with Crippen molar-refractivity contribution in [2.24, 2.45) is 0 Å². The summed E-state index contributed by atoms with van der Waals surface area (Å²) in [6.07, 6.45) is 8.35. The molecule has 0 amide bonds. The number of hydrogen-bond donors (Lipinski definition) is 1. The maximum atomic E-state index is 4.36. The smallest absolute Gasteiger partial charge is 0.0419 e. The average molecular weight is 190 g/mol. The minimum atomic E-state index is 0.646. The summed E-state index contributed by atoms with van der Waals surface area (Å²) in [5.41, 5.74) is 1.21. The maximum absolute atomic E-state index is 4.36. The molecule has 0 aromatic carbocycles. The zero-order chi connectivity index (χ0) is 9.64. The van der Waals surface area contributed by atoms with Crippen LogP contribution in [0.25, 0.3) is 0 Å². The number of hydrogen-bond acceptors (Lipinski definition) is 2. The van der Waals surface area contributed by atoms with Crippen molar-refractivity contribution in [3.63, 3.8) is 0 Å². The van der Waals surface area contributed by atoms with E-state index in [-0.39, 0.29) is 0 Å². The van der Waals surface area contributed by atoms with E-state index in [0.717, 1.165) is 6.42 Å². The summed E-state index contributed by atoms with van der Waals surface area (Å²) >= 11 is 0. The van der Waals surface area contributed by atoms with E-state index < -0.39 is 0 Å². The van der Waals surface area contributed by atoms with Crippen molar-refractivity contribution in [1.29, 1.82) is 0 Å². The normalized spacial score (nSPS) is 23.0. The first kappa shape index (κ1) is 9.66. The van der Waals surface area contributed by atoms with Gasteiger partial charge in [0.25, 0.3) is 0 Å². The highest BCUT2D eigenvalue weighted by Gasteiger charge is 2.11. The quantitative estimate of drug-likeness (QED) is 0.773. The molecule has 1 aromatic rings. The lowest BCUT2D eigenvalue weighted by molar-refractivity contribution is 0.503. The lowest BCUT2D eigenvalue weighted by Gasteiger charge is -2.14. The van der Waals surface area contributed by atoms with Crippen LogP contribution in [0.2, 0.25) is 0 Å². The Bertz CT molecular complexity index is 250.